The summed E-state index contributed by atoms with van der Waals surface area (Å²) in [6.45, 7) is 8.11. The van der Waals surface area contributed by atoms with Crippen LogP contribution < -0.4 is 22.1 Å². The minimum Gasteiger partial charge on any atom is -0.424 e. The van der Waals surface area contributed by atoms with Crippen LogP contribution >= 0.6 is 0 Å². The highest BCUT2D eigenvalue weighted by atomic mass is 16.6. The quantitative estimate of drug-likeness (QED) is 0.120. The van der Waals surface area contributed by atoms with Gasteiger partial charge in [-0.3, -0.25) is 0 Å². The molecule has 0 aromatic rings. The van der Waals surface area contributed by atoms with Crippen molar-refractivity contribution in [2.45, 2.75) is 117 Å². The van der Waals surface area contributed by atoms with Crippen LogP contribution in [0, 0.1) is 0 Å². The van der Waals surface area contributed by atoms with Crippen molar-refractivity contribution in [2.75, 3.05) is 13.1 Å². The summed E-state index contributed by atoms with van der Waals surface area (Å²) in [7, 11) is 0. The summed E-state index contributed by atoms with van der Waals surface area (Å²) >= 11 is 0. The Morgan fingerprint density at radius 3 is 1.24 bits per heavy atom. The van der Waals surface area contributed by atoms with Crippen LogP contribution in [0.4, 0.5) is 9.59 Å². The van der Waals surface area contributed by atoms with Gasteiger partial charge in [0, 0.05) is 25.9 Å². The lowest BCUT2D eigenvalue weighted by atomic mass is 10.0. The Morgan fingerprint density at radius 1 is 0.647 bits per heavy atom. The molecule has 0 bridgehead atoms. The lowest BCUT2D eigenvalue weighted by Crippen LogP contribution is -2.28. The second-order valence-electron chi connectivity index (χ2n) is 8.35. The molecule has 0 fully saturated rings. The van der Waals surface area contributed by atoms with E-state index in [4.69, 9.17) is 20.9 Å². The zero-order valence-corrected chi connectivity index (χ0v) is 21.7. The van der Waals surface area contributed by atoms with Gasteiger partial charge in [-0.2, -0.15) is 0 Å². The van der Waals surface area contributed by atoms with Gasteiger partial charge < -0.3 is 31.6 Å². The summed E-state index contributed by atoms with van der Waals surface area (Å²) in [5.41, 5.74) is 11.8. The number of rotatable bonds is 19. The van der Waals surface area contributed by atoms with E-state index in [1.54, 1.807) is 13.8 Å². The van der Waals surface area contributed by atoms with Crippen LogP contribution in [0.1, 0.15) is 105 Å². The molecule has 6 N–H and O–H groups in total. The van der Waals surface area contributed by atoms with Gasteiger partial charge in [-0.15, -0.1) is 0 Å². The van der Waals surface area contributed by atoms with Crippen LogP contribution in [0.15, 0.2) is 9.98 Å². The molecule has 2 unspecified atom stereocenters. The van der Waals surface area contributed by atoms with Gasteiger partial charge in [-0.25, -0.2) is 19.6 Å². The first-order valence-electron chi connectivity index (χ1n) is 12.8. The monoisotopic (exact) mass is 484 g/mol. The van der Waals surface area contributed by atoms with E-state index in [1.165, 1.54) is 38.5 Å². The van der Waals surface area contributed by atoms with Crippen LogP contribution in [0.2, 0.25) is 0 Å². The number of nitrogens with one attached hydrogen (secondary N) is 2. The Labute approximate surface area is 205 Å². The zero-order valence-electron chi connectivity index (χ0n) is 21.7. The summed E-state index contributed by atoms with van der Waals surface area (Å²) < 4.78 is 10.1. The molecule has 0 saturated heterocycles. The normalized spacial score (nSPS) is 13.8. The minimum absolute atomic E-state index is 0.473. The number of hydrogen-bond acceptors (Lipinski definition) is 6. The number of ether oxygens (including phenoxy) is 2. The fraction of sp³-hybridized carbons (Fsp3) is 0.833. The first kappa shape index (κ1) is 31.5. The van der Waals surface area contributed by atoms with E-state index in [1.807, 2.05) is 13.8 Å². The summed E-state index contributed by atoms with van der Waals surface area (Å²) in [5, 5.41) is 5.13. The first-order valence-corrected chi connectivity index (χ1v) is 12.8. The summed E-state index contributed by atoms with van der Waals surface area (Å²) in [6.07, 6.45) is 11.0. The van der Waals surface area contributed by atoms with Gasteiger partial charge in [0.2, 0.25) is 0 Å². The van der Waals surface area contributed by atoms with Crippen molar-refractivity contribution in [1.29, 1.82) is 0 Å². The number of nitrogens with zero attached hydrogens (tertiary/aromatic N) is 2. The number of amidine groups is 2. The average Bonchev–Trinajstić information content (AvgIpc) is 2.74. The molecule has 0 radical (unpaired) electrons. The molecule has 0 aliphatic heterocycles. The molecule has 10 nitrogen and oxygen atoms in total. The molecule has 0 aliphatic rings. The molecule has 2 atom stereocenters. The molecule has 34 heavy (non-hydrogen) atoms. The van der Waals surface area contributed by atoms with Crippen molar-refractivity contribution >= 4 is 23.9 Å². The second-order valence-corrected chi connectivity index (χ2v) is 8.35. The van der Waals surface area contributed by atoms with Crippen molar-refractivity contribution in [2.24, 2.45) is 21.5 Å². The molecule has 2 amide bonds. The van der Waals surface area contributed by atoms with Crippen LogP contribution in [-0.4, -0.2) is 49.4 Å². The van der Waals surface area contributed by atoms with Gasteiger partial charge in [-0.05, 0) is 40.5 Å². The highest BCUT2D eigenvalue weighted by Crippen LogP contribution is 2.12. The fourth-order valence-corrected chi connectivity index (χ4v) is 3.36. The molecular weight excluding hydrogens is 436 g/mol. The molecule has 198 valence electrons. The number of carbonyl (C=O) groups is 2. The summed E-state index contributed by atoms with van der Waals surface area (Å²) in [5.74, 6) is 1.07. The topological polar surface area (TPSA) is 153 Å². The van der Waals surface area contributed by atoms with E-state index in [-0.39, 0.29) is 0 Å². The number of hydrogen-bond donors (Lipinski definition) is 4. The standard InChI is InChI=1S/C24H48N6O4/c1-5-27-23(31)33-19(3)29-21(25)17-15-13-11-9-7-8-10-12-14-16-18-22(26)30-20(4)34-24(32)28-6-2/h19-20H,5-18H2,1-4H3,(H2,25,29)(H2,26,30)(H,27,31)(H,28,32). The van der Waals surface area contributed by atoms with Gasteiger partial charge in [0.15, 0.2) is 12.5 Å². The van der Waals surface area contributed by atoms with Crippen molar-refractivity contribution in [3.05, 3.63) is 0 Å². The zero-order chi connectivity index (χ0) is 25.6. The number of unbranched alkanes of at least 4 members (excludes halogenated alkanes) is 9. The molecule has 0 aliphatic carbocycles. The Bertz CT molecular complexity index is 560. The molecule has 10 heteroatoms. The highest BCUT2D eigenvalue weighted by Gasteiger charge is 2.08. The van der Waals surface area contributed by atoms with E-state index >= 15 is 0 Å². The number of nitrogens with two attached hydrogens (primary N) is 2. The lowest BCUT2D eigenvalue weighted by molar-refractivity contribution is 0.110. The average molecular weight is 485 g/mol. The van der Waals surface area contributed by atoms with Crippen molar-refractivity contribution in [3.8, 4) is 0 Å². The van der Waals surface area contributed by atoms with Crippen molar-refractivity contribution < 1.29 is 19.1 Å². The third-order valence-corrected chi connectivity index (χ3v) is 5.01. The SMILES string of the molecule is CCNC(=O)OC(C)/N=C(\N)CCCCCCCCCCCC/C(N)=N/C(C)OC(=O)NCC. The largest absolute Gasteiger partial charge is 0.424 e. The van der Waals surface area contributed by atoms with E-state index in [0.29, 0.717) is 24.8 Å². The molecule has 0 spiro atoms. The maximum Gasteiger partial charge on any atom is 0.409 e. The van der Waals surface area contributed by atoms with Gasteiger partial charge in [-0.1, -0.05) is 51.4 Å². The lowest BCUT2D eigenvalue weighted by Gasteiger charge is -2.10. The number of carbonyl (C=O) groups excluding carboxylic acids is 2. The van der Waals surface area contributed by atoms with Crippen LogP contribution in [0.3, 0.4) is 0 Å². The minimum atomic E-state index is -0.563. The first-order chi connectivity index (χ1) is 16.3. The number of alkyl carbamates (subject to hydrolysis) is 2. The van der Waals surface area contributed by atoms with Crippen molar-refractivity contribution in [1.82, 2.24) is 10.6 Å². The summed E-state index contributed by atoms with van der Waals surface area (Å²) in [4.78, 5) is 31.1. The molecule has 0 heterocycles. The molecule has 0 saturated carbocycles. The van der Waals surface area contributed by atoms with E-state index < -0.39 is 24.6 Å². The predicted molar refractivity (Wildman–Crippen MR) is 138 cm³/mol. The van der Waals surface area contributed by atoms with Gasteiger partial charge in [0.05, 0.1) is 11.7 Å². The van der Waals surface area contributed by atoms with Gasteiger partial charge in [0.1, 0.15) is 0 Å². The number of aliphatic imine (C=N–C) groups is 2. The smallest absolute Gasteiger partial charge is 0.409 e. The third-order valence-electron chi connectivity index (χ3n) is 5.01. The number of amides is 2. The van der Waals surface area contributed by atoms with Crippen molar-refractivity contribution in [3.63, 3.8) is 0 Å². The van der Waals surface area contributed by atoms with E-state index in [0.717, 1.165) is 38.5 Å². The van der Waals surface area contributed by atoms with Crippen LogP contribution in [0.25, 0.3) is 0 Å². The summed E-state index contributed by atoms with van der Waals surface area (Å²) in [6, 6.07) is 0. The Kier molecular flexibility index (Phi) is 19.5. The highest BCUT2D eigenvalue weighted by molar-refractivity contribution is 5.81. The molecular formula is C24H48N6O4. The third kappa shape index (κ3) is 20.1. The Hall–Kier alpha value is -2.52. The van der Waals surface area contributed by atoms with Crippen LogP contribution in [0.5, 0.6) is 0 Å². The predicted octanol–water partition coefficient (Wildman–Crippen LogP) is 4.57. The fourth-order valence-electron chi connectivity index (χ4n) is 3.36. The van der Waals surface area contributed by atoms with E-state index in [9.17, 15) is 9.59 Å². The van der Waals surface area contributed by atoms with Gasteiger partial charge in [0.25, 0.3) is 0 Å². The Morgan fingerprint density at radius 2 is 0.941 bits per heavy atom. The van der Waals surface area contributed by atoms with Gasteiger partial charge >= 0.3 is 12.2 Å². The Balaban J connectivity index is 3.62. The maximum absolute atomic E-state index is 11.3. The van der Waals surface area contributed by atoms with Crippen LogP contribution in [-0.2, 0) is 9.47 Å². The maximum atomic E-state index is 11.3. The molecule has 0 aromatic heterocycles. The second kappa shape index (κ2) is 21.0. The van der Waals surface area contributed by atoms with E-state index in [2.05, 4.69) is 20.6 Å². The molecule has 0 rings (SSSR count). The molecule has 0 aromatic carbocycles.